The molecule has 0 saturated carbocycles. The first-order chi connectivity index (χ1) is 12.5. The minimum atomic E-state index is -0.478. The quantitative estimate of drug-likeness (QED) is 0.406. The van der Waals surface area contributed by atoms with Crippen LogP contribution in [0.25, 0.3) is 6.08 Å². The maximum absolute atomic E-state index is 11.9. The molecule has 0 unspecified atom stereocenters. The Bertz CT molecular complexity index is 791. The van der Waals surface area contributed by atoms with Crippen LogP contribution in [0.5, 0.6) is 11.5 Å². The molecule has 0 aliphatic heterocycles. The number of ketones is 1. The number of Topliss-reactive ketones (excluding diaryl/α,β-unsaturated/α-hetero) is 1. The van der Waals surface area contributed by atoms with Crippen molar-refractivity contribution in [3.05, 3.63) is 65.2 Å². The van der Waals surface area contributed by atoms with Gasteiger partial charge in [-0.05, 0) is 55.8 Å². The molecule has 2 aromatic carbocycles. The first-order valence-electron chi connectivity index (χ1n) is 8.29. The van der Waals surface area contributed by atoms with Crippen LogP contribution in [0.15, 0.2) is 48.5 Å². The zero-order valence-electron chi connectivity index (χ0n) is 15.2. The predicted molar refractivity (Wildman–Crippen MR) is 99.4 cm³/mol. The van der Waals surface area contributed by atoms with E-state index in [1.54, 1.807) is 24.3 Å². The van der Waals surface area contributed by atoms with Crippen LogP contribution in [0, 0.1) is 0 Å². The van der Waals surface area contributed by atoms with Crippen LogP contribution < -0.4 is 9.47 Å². The van der Waals surface area contributed by atoms with E-state index in [0.717, 1.165) is 11.3 Å². The third kappa shape index (κ3) is 5.48. The molecule has 0 radical (unpaired) electrons. The monoisotopic (exact) mass is 354 g/mol. The summed E-state index contributed by atoms with van der Waals surface area (Å²) in [4.78, 5) is 23.4. The van der Waals surface area contributed by atoms with Crippen molar-refractivity contribution in [2.75, 3.05) is 13.7 Å². The molecule has 26 heavy (non-hydrogen) atoms. The van der Waals surface area contributed by atoms with Crippen molar-refractivity contribution in [2.45, 2.75) is 20.5 Å². The Kier molecular flexibility index (Phi) is 6.97. The minimum Gasteiger partial charge on any atom is -0.496 e. The Morgan fingerprint density at radius 3 is 2.42 bits per heavy atom. The number of ether oxygens (including phenoxy) is 3. The Hall–Kier alpha value is -3.08. The fourth-order valence-electron chi connectivity index (χ4n) is 2.31. The van der Waals surface area contributed by atoms with Crippen LogP contribution in [-0.4, -0.2) is 25.5 Å². The van der Waals surface area contributed by atoms with Crippen LogP contribution in [-0.2, 0) is 16.1 Å². The molecule has 5 heteroatoms. The van der Waals surface area contributed by atoms with E-state index in [1.807, 2.05) is 31.2 Å². The average Bonchev–Trinajstić information content (AvgIpc) is 2.65. The number of rotatable bonds is 8. The average molecular weight is 354 g/mol. The lowest BCUT2D eigenvalue weighted by Gasteiger charge is -2.09. The maximum Gasteiger partial charge on any atom is 0.331 e. The number of esters is 1. The fraction of sp³-hybridized carbons (Fsp3) is 0.238. The number of carbonyl (C=O) groups is 2. The number of hydrogen-bond donors (Lipinski definition) is 0. The van der Waals surface area contributed by atoms with Gasteiger partial charge >= 0.3 is 5.97 Å². The summed E-state index contributed by atoms with van der Waals surface area (Å²) in [5, 5.41) is 0. The van der Waals surface area contributed by atoms with Crippen molar-refractivity contribution in [3.8, 4) is 11.5 Å². The van der Waals surface area contributed by atoms with Gasteiger partial charge in [-0.25, -0.2) is 4.79 Å². The number of methoxy groups -OCH3 is 1. The van der Waals surface area contributed by atoms with Gasteiger partial charge in [-0.3, -0.25) is 4.79 Å². The van der Waals surface area contributed by atoms with E-state index in [9.17, 15) is 9.59 Å². The van der Waals surface area contributed by atoms with Crippen LogP contribution in [0.3, 0.4) is 0 Å². The molecule has 0 atom stereocenters. The summed E-state index contributed by atoms with van der Waals surface area (Å²) >= 11 is 0. The molecule has 0 fully saturated rings. The zero-order valence-corrected chi connectivity index (χ0v) is 15.2. The van der Waals surface area contributed by atoms with Gasteiger partial charge in [-0.1, -0.05) is 12.1 Å². The van der Waals surface area contributed by atoms with E-state index in [0.29, 0.717) is 23.5 Å². The standard InChI is InChI=1S/C21H22O5/c1-4-25-19-9-5-16(6-10-19)7-12-21(23)26-14-18-13-17(15(2)22)8-11-20(18)24-3/h5-13H,4,14H2,1-3H3/b12-7+. The summed E-state index contributed by atoms with van der Waals surface area (Å²) in [7, 11) is 1.53. The van der Waals surface area contributed by atoms with Crippen molar-refractivity contribution < 1.29 is 23.8 Å². The highest BCUT2D eigenvalue weighted by molar-refractivity contribution is 5.94. The van der Waals surface area contributed by atoms with Crippen LogP contribution in [0.1, 0.15) is 35.3 Å². The molecule has 0 heterocycles. The van der Waals surface area contributed by atoms with Crippen LogP contribution in [0.4, 0.5) is 0 Å². The van der Waals surface area contributed by atoms with Gasteiger partial charge in [0.2, 0.25) is 0 Å². The van der Waals surface area contributed by atoms with Crippen molar-refractivity contribution in [1.82, 2.24) is 0 Å². The highest BCUT2D eigenvalue weighted by Gasteiger charge is 2.09. The molecule has 0 N–H and O–H groups in total. The molecule has 136 valence electrons. The highest BCUT2D eigenvalue weighted by Crippen LogP contribution is 2.21. The van der Waals surface area contributed by atoms with E-state index < -0.39 is 5.97 Å². The van der Waals surface area contributed by atoms with Gasteiger partial charge in [0.25, 0.3) is 0 Å². The molecular weight excluding hydrogens is 332 g/mol. The smallest absolute Gasteiger partial charge is 0.331 e. The normalized spacial score (nSPS) is 10.6. The van der Waals surface area contributed by atoms with Crippen molar-refractivity contribution in [3.63, 3.8) is 0 Å². The summed E-state index contributed by atoms with van der Waals surface area (Å²) in [6, 6.07) is 12.4. The number of carbonyl (C=O) groups excluding carboxylic acids is 2. The molecule has 0 bridgehead atoms. The van der Waals surface area contributed by atoms with Gasteiger partial charge in [0.1, 0.15) is 18.1 Å². The molecule has 0 amide bonds. The molecule has 0 aliphatic rings. The largest absolute Gasteiger partial charge is 0.496 e. The Labute approximate surface area is 153 Å². The number of benzene rings is 2. The number of hydrogen-bond acceptors (Lipinski definition) is 5. The van der Waals surface area contributed by atoms with Gasteiger partial charge < -0.3 is 14.2 Å². The van der Waals surface area contributed by atoms with Crippen molar-refractivity contribution in [2.24, 2.45) is 0 Å². The van der Waals surface area contributed by atoms with Crippen molar-refractivity contribution >= 4 is 17.8 Å². The second kappa shape index (κ2) is 9.42. The van der Waals surface area contributed by atoms with Crippen LogP contribution in [0.2, 0.25) is 0 Å². The van der Waals surface area contributed by atoms with Gasteiger partial charge in [-0.15, -0.1) is 0 Å². The van der Waals surface area contributed by atoms with Gasteiger partial charge in [0.05, 0.1) is 13.7 Å². The maximum atomic E-state index is 11.9. The molecule has 0 aliphatic carbocycles. The lowest BCUT2D eigenvalue weighted by atomic mass is 10.1. The predicted octanol–water partition coefficient (Wildman–Crippen LogP) is 4.05. The summed E-state index contributed by atoms with van der Waals surface area (Å²) in [6.07, 6.45) is 3.03. The highest BCUT2D eigenvalue weighted by atomic mass is 16.5. The van der Waals surface area contributed by atoms with Crippen LogP contribution >= 0.6 is 0 Å². The Balaban J connectivity index is 1.97. The fourth-order valence-corrected chi connectivity index (χ4v) is 2.31. The summed E-state index contributed by atoms with van der Waals surface area (Å²) in [6.45, 7) is 4.04. The molecule has 0 aromatic heterocycles. The second-order valence-corrected chi connectivity index (χ2v) is 5.53. The molecular formula is C21H22O5. The molecule has 2 rings (SSSR count). The molecule has 0 saturated heterocycles. The third-order valence-electron chi connectivity index (χ3n) is 3.66. The Morgan fingerprint density at radius 1 is 1.08 bits per heavy atom. The summed E-state index contributed by atoms with van der Waals surface area (Å²) in [5.41, 5.74) is 2.05. The lowest BCUT2D eigenvalue weighted by molar-refractivity contribution is -0.138. The first-order valence-corrected chi connectivity index (χ1v) is 8.29. The topological polar surface area (TPSA) is 61.8 Å². The molecule has 5 nitrogen and oxygen atoms in total. The van der Waals surface area contributed by atoms with E-state index in [4.69, 9.17) is 14.2 Å². The molecule has 2 aromatic rings. The third-order valence-corrected chi connectivity index (χ3v) is 3.66. The first kappa shape index (κ1) is 19.2. The van der Waals surface area contributed by atoms with Gasteiger partial charge in [0.15, 0.2) is 5.78 Å². The lowest BCUT2D eigenvalue weighted by Crippen LogP contribution is -2.04. The van der Waals surface area contributed by atoms with Gasteiger partial charge in [0, 0.05) is 17.2 Å². The van der Waals surface area contributed by atoms with E-state index in [1.165, 1.54) is 20.1 Å². The SMILES string of the molecule is CCOc1ccc(/C=C/C(=O)OCc2cc(C(C)=O)ccc2OC)cc1. The molecule has 0 spiro atoms. The summed E-state index contributed by atoms with van der Waals surface area (Å²) in [5.74, 6) is 0.813. The van der Waals surface area contributed by atoms with E-state index in [2.05, 4.69) is 0 Å². The van der Waals surface area contributed by atoms with E-state index >= 15 is 0 Å². The van der Waals surface area contributed by atoms with Crippen molar-refractivity contribution in [1.29, 1.82) is 0 Å². The summed E-state index contributed by atoms with van der Waals surface area (Å²) < 4.78 is 15.9. The minimum absolute atomic E-state index is 0.0245. The zero-order chi connectivity index (χ0) is 18.9. The Morgan fingerprint density at radius 2 is 1.81 bits per heavy atom. The van der Waals surface area contributed by atoms with E-state index in [-0.39, 0.29) is 12.4 Å². The second-order valence-electron chi connectivity index (χ2n) is 5.53. The van der Waals surface area contributed by atoms with Gasteiger partial charge in [-0.2, -0.15) is 0 Å².